The predicted molar refractivity (Wildman–Crippen MR) is 77.0 cm³/mol. The van der Waals surface area contributed by atoms with E-state index in [9.17, 15) is 22.0 Å². The number of carbonyl (C=O) groups is 1. The van der Waals surface area contributed by atoms with Gasteiger partial charge in [0.25, 0.3) is 15.9 Å². The lowest BCUT2D eigenvalue weighted by Crippen LogP contribution is -2.18. The minimum absolute atomic E-state index is 0.0790. The Balaban J connectivity index is 2.31. The van der Waals surface area contributed by atoms with Crippen molar-refractivity contribution in [2.45, 2.75) is 4.90 Å². The number of halogens is 2. The lowest BCUT2D eigenvalue weighted by molar-refractivity contribution is 0.0963. The lowest BCUT2D eigenvalue weighted by atomic mass is 10.2. The Labute approximate surface area is 126 Å². The number of carbonyl (C=O) groups excluding carboxylic acids is 1. The molecule has 22 heavy (non-hydrogen) atoms. The van der Waals surface area contributed by atoms with Crippen molar-refractivity contribution in [3.63, 3.8) is 0 Å². The van der Waals surface area contributed by atoms with E-state index in [4.69, 9.17) is 0 Å². The van der Waals surface area contributed by atoms with E-state index >= 15 is 0 Å². The SMILES string of the molecule is CNC(=O)c1ccc(NS(=O)(=O)c2c(F)cccc2F)cc1. The van der Waals surface area contributed by atoms with Gasteiger partial charge in [-0.25, -0.2) is 17.2 Å². The molecule has 1 amide bonds. The summed E-state index contributed by atoms with van der Waals surface area (Å²) in [7, 11) is -2.96. The largest absolute Gasteiger partial charge is 0.355 e. The van der Waals surface area contributed by atoms with Crippen molar-refractivity contribution < 1.29 is 22.0 Å². The van der Waals surface area contributed by atoms with Crippen LogP contribution in [0.2, 0.25) is 0 Å². The summed E-state index contributed by atoms with van der Waals surface area (Å²) in [6, 6.07) is 8.19. The summed E-state index contributed by atoms with van der Waals surface area (Å²) in [5.74, 6) is -2.71. The monoisotopic (exact) mass is 326 g/mol. The van der Waals surface area contributed by atoms with Crippen molar-refractivity contribution in [1.82, 2.24) is 5.32 Å². The third-order valence-electron chi connectivity index (χ3n) is 2.81. The van der Waals surface area contributed by atoms with Gasteiger partial charge < -0.3 is 5.32 Å². The Morgan fingerprint density at radius 2 is 1.55 bits per heavy atom. The first-order chi connectivity index (χ1) is 10.3. The fourth-order valence-corrected chi connectivity index (χ4v) is 2.98. The number of nitrogens with one attached hydrogen (secondary N) is 2. The number of hydrogen-bond donors (Lipinski definition) is 2. The highest BCUT2D eigenvalue weighted by atomic mass is 32.2. The van der Waals surface area contributed by atoms with E-state index in [-0.39, 0.29) is 11.6 Å². The zero-order chi connectivity index (χ0) is 16.3. The molecule has 0 aliphatic rings. The highest BCUT2D eigenvalue weighted by Gasteiger charge is 2.23. The molecule has 0 heterocycles. The van der Waals surface area contributed by atoms with Crippen molar-refractivity contribution in [2.75, 3.05) is 11.8 Å². The average Bonchev–Trinajstić information content (AvgIpc) is 2.46. The minimum Gasteiger partial charge on any atom is -0.355 e. The van der Waals surface area contributed by atoms with Gasteiger partial charge in [0, 0.05) is 18.3 Å². The molecule has 2 rings (SSSR count). The van der Waals surface area contributed by atoms with Crippen molar-refractivity contribution in [3.05, 3.63) is 59.7 Å². The van der Waals surface area contributed by atoms with Gasteiger partial charge in [-0.2, -0.15) is 0 Å². The summed E-state index contributed by atoms with van der Waals surface area (Å²) in [6.07, 6.45) is 0. The standard InChI is InChI=1S/C14H12F2N2O3S/c1-17-14(19)9-5-7-10(8-6-9)18-22(20,21)13-11(15)3-2-4-12(13)16/h2-8,18H,1H3,(H,17,19). The summed E-state index contributed by atoms with van der Waals surface area (Å²) in [5.41, 5.74) is 0.401. The van der Waals surface area contributed by atoms with Gasteiger partial charge in [0.1, 0.15) is 11.6 Å². The van der Waals surface area contributed by atoms with Crippen LogP contribution in [-0.2, 0) is 10.0 Å². The summed E-state index contributed by atoms with van der Waals surface area (Å²) >= 11 is 0. The topological polar surface area (TPSA) is 75.3 Å². The van der Waals surface area contributed by atoms with Gasteiger partial charge in [0.2, 0.25) is 0 Å². The van der Waals surface area contributed by atoms with E-state index < -0.39 is 26.6 Å². The number of benzene rings is 2. The highest BCUT2D eigenvalue weighted by molar-refractivity contribution is 7.92. The van der Waals surface area contributed by atoms with Crippen LogP contribution < -0.4 is 10.0 Å². The van der Waals surface area contributed by atoms with Gasteiger partial charge in [0.15, 0.2) is 4.90 Å². The third-order valence-corrected chi connectivity index (χ3v) is 4.25. The second-order valence-corrected chi connectivity index (χ2v) is 5.93. The summed E-state index contributed by atoms with van der Waals surface area (Å²) < 4.78 is 53.3. The Morgan fingerprint density at radius 1 is 1.00 bits per heavy atom. The van der Waals surface area contributed by atoms with Crippen molar-refractivity contribution in [2.24, 2.45) is 0 Å². The molecule has 0 aliphatic carbocycles. The van der Waals surface area contributed by atoms with Crippen LogP contribution in [0.25, 0.3) is 0 Å². The molecule has 0 spiro atoms. The number of sulfonamides is 1. The fourth-order valence-electron chi connectivity index (χ4n) is 1.78. The van der Waals surface area contributed by atoms with E-state index in [1.165, 1.54) is 31.3 Å². The Kier molecular flexibility index (Phi) is 4.41. The first-order valence-corrected chi connectivity index (χ1v) is 7.62. The van der Waals surface area contributed by atoms with Gasteiger partial charge >= 0.3 is 0 Å². The molecular formula is C14H12F2N2O3S. The zero-order valence-electron chi connectivity index (χ0n) is 11.4. The lowest BCUT2D eigenvalue weighted by Gasteiger charge is -2.10. The van der Waals surface area contributed by atoms with Gasteiger partial charge in [-0.15, -0.1) is 0 Å². The van der Waals surface area contributed by atoms with Crippen LogP contribution in [0, 0.1) is 11.6 Å². The first kappa shape index (κ1) is 15.9. The van der Waals surface area contributed by atoms with E-state index in [2.05, 4.69) is 10.0 Å². The summed E-state index contributed by atoms with van der Waals surface area (Å²) in [6.45, 7) is 0. The Hall–Kier alpha value is -2.48. The third kappa shape index (κ3) is 3.22. The summed E-state index contributed by atoms with van der Waals surface area (Å²) in [5, 5.41) is 2.41. The Bertz CT molecular complexity index is 785. The molecule has 0 saturated carbocycles. The molecule has 0 fully saturated rings. The number of hydrogen-bond acceptors (Lipinski definition) is 3. The maximum absolute atomic E-state index is 13.6. The molecule has 0 unspecified atom stereocenters. The second kappa shape index (κ2) is 6.10. The molecule has 2 aromatic rings. The molecule has 0 bridgehead atoms. The molecule has 0 aliphatic heterocycles. The minimum atomic E-state index is -4.41. The number of amides is 1. The van der Waals surface area contributed by atoms with E-state index in [1.807, 2.05) is 0 Å². The molecule has 5 nitrogen and oxygen atoms in total. The number of anilines is 1. The van der Waals surface area contributed by atoms with Crippen LogP contribution >= 0.6 is 0 Å². The van der Waals surface area contributed by atoms with Crippen LogP contribution in [0.5, 0.6) is 0 Å². The van der Waals surface area contributed by atoms with E-state index in [0.717, 1.165) is 18.2 Å². The van der Waals surface area contributed by atoms with Crippen molar-refractivity contribution >= 4 is 21.6 Å². The zero-order valence-corrected chi connectivity index (χ0v) is 12.2. The Morgan fingerprint density at radius 3 is 2.05 bits per heavy atom. The average molecular weight is 326 g/mol. The molecule has 0 aromatic heterocycles. The van der Waals surface area contributed by atoms with E-state index in [0.29, 0.717) is 5.56 Å². The van der Waals surface area contributed by atoms with Crippen LogP contribution in [-0.4, -0.2) is 21.4 Å². The van der Waals surface area contributed by atoms with Gasteiger partial charge in [-0.1, -0.05) is 6.07 Å². The molecule has 0 radical (unpaired) electrons. The predicted octanol–water partition coefficient (Wildman–Crippen LogP) is 2.13. The normalized spacial score (nSPS) is 11.0. The maximum Gasteiger partial charge on any atom is 0.267 e. The molecule has 0 saturated heterocycles. The fraction of sp³-hybridized carbons (Fsp3) is 0.0714. The first-order valence-electron chi connectivity index (χ1n) is 6.14. The van der Waals surface area contributed by atoms with Gasteiger partial charge in [0.05, 0.1) is 0 Å². The smallest absolute Gasteiger partial charge is 0.267 e. The van der Waals surface area contributed by atoms with Gasteiger partial charge in [-0.3, -0.25) is 9.52 Å². The van der Waals surface area contributed by atoms with Crippen LogP contribution in [0.4, 0.5) is 14.5 Å². The molecule has 116 valence electrons. The second-order valence-electron chi connectivity index (χ2n) is 4.31. The van der Waals surface area contributed by atoms with Crippen LogP contribution in [0.15, 0.2) is 47.4 Å². The quantitative estimate of drug-likeness (QED) is 0.904. The summed E-state index contributed by atoms with van der Waals surface area (Å²) in [4.78, 5) is 10.3. The van der Waals surface area contributed by atoms with Crippen LogP contribution in [0.1, 0.15) is 10.4 Å². The maximum atomic E-state index is 13.6. The number of rotatable bonds is 4. The molecule has 2 N–H and O–H groups in total. The molecule has 2 aromatic carbocycles. The highest BCUT2D eigenvalue weighted by Crippen LogP contribution is 2.21. The van der Waals surface area contributed by atoms with Crippen LogP contribution in [0.3, 0.4) is 0 Å². The molecule has 0 atom stereocenters. The van der Waals surface area contributed by atoms with E-state index in [1.54, 1.807) is 0 Å². The molecule has 8 heteroatoms. The van der Waals surface area contributed by atoms with Crippen molar-refractivity contribution in [3.8, 4) is 0 Å². The van der Waals surface area contributed by atoms with Gasteiger partial charge in [-0.05, 0) is 36.4 Å². The van der Waals surface area contributed by atoms with Crippen molar-refractivity contribution in [1.29, 1.82) is 0 Å². The molecular weight excluding hydrogens is 314 g/mol.